The Morgan fingerprint density at radius 2 is 1.96 bits per heavy atom. The Morgan fingerprint density at radius 3 is 2.58 bits per heavy atom. The van der Waals surface area contributed by atoms with Crippen molar-refractivity contribution in [1.29, 1.82) is 0 Å². The van der Waals surface area contributed by atoms with Crippen molar-refractivity contribution in [1.82, 2.24) is 0 Å². The Balaban J connectivity index is 2.07. The number of rotatable bonds is 3. The second-order valence-corrected chi connectivity index (χ2v) is 5.16. The van der Waals surface area contributed by atoms with Gasteiger partial charge in [0.05, 0.1) is 25.1 Å². The summed E-state index contributed by atoms with van der Waals surface area (Å²) >= 11 is 0. The molecule has 1 heterocycles. The molecule has 0 spiro atoms. The molecule has 5 heteroatoms. The monoisotopic (exact) mass is 321 g/mol. The van der Waals surface area contributed by atoms with Gasteiger partial charge in [-0.15, -0.1) is 0 Å². The molecule has 1 aromatic carbocycles. The van der Waals surface area contributed by atoms with Gasteiger partial charge in [-0.2, -0.15) is 0 Å². The summed E-state index contributed by atoms with van der Waals surface area (Å²) in [6.07, 6.45) is 10.3. The average molecular weight is 321 g/mol. The van der Waals surface area contributed by atoms with Crippen LogP contribution >= 0.6 is 0 Å². The van der Waals surface area contributed by atoms with E-state index in [4.69, 9.17) is 9.47 Å². The lowest BCUT2D eigenvalue weighted by atomic mass is 9.92. The number of aliphatic imine (C=N–C) groups is 1. The lowest BCUT2D eigenvalue weighted by Gasteiger charge is -2.16. The number of benzene rings is 1. The molecular weight excluding hydrogens is 306 g/mol. The molecule has 0 fully saturated rings. The van der Waals surface area contributed by atoms with Crippen LogP contribution in [0.5, 0.6) is 0 Å². The van der Waals surface area contributed by atoms with Gasteiger partial charge in [-0.3, -0.25) is 9.79 Å². The number of ether oxygens (including phenoxy) is 2. The predicted octanol–water partition coefficient (Wildman–Crippen LogP) is 3.21. The molecule has 5 nitrogen and oxygen atoms in total. The molecule has 2 aliphatic rings. The third kappa shape index (κ3) is 3.25. The molecule has 0 saturated carbocycles. The SMILES string of the molecule is COC(=O)c1ccc(C(C2=CC(=O)CC=C2)=C2C=NC=CO2)cc1. The molecule has 1 aromatic rings. The van der Waals surface area contributed by atoms with E-state index in [1.165, 1.54) is 19.6 Å². The summed E-state index contributed by atoms with van der Waals surface area (Å²) in [6, 6.07) is 6.93. The summed E-state index contributed by atoms with van der Waals surface area (Å²) in [5, 5.41) is 0. The summed E-state index contributed by atoms with van der Waals surface area (Å²) in [7, 11) is 1.34. The molecule has 1 aliphatic heterocycles. The summed E-state index contributed by atoms with van der Waals surface area (Å²) in [5.41, 5.74) is 2.75. The van der Waals surface area contributed by atoms with Crippen LogP contribution in [0.1, 0.15) is 22.3 Å². The Hall–Kier alpha value is -3.21. The number of allylic oxidation sites excluding steroid dienone is 6. The van der Waals surface area contributed by atoms with Gasteiger partial charge in [0.25, 0.3) is 0 Å². The molecule has 0 saturated heterocycles. The van der Waals surface area contributed by atoms with Crippen molar-refractivity contribution < 1.29 is 19.1 Å². The normalized spacial score (nSPS) is 18.0. The maximum absolute atomic E-state index is 11.8. The first-order chi connectivity index (χ1) is 11.7. The fourth-order valence-electron chi connectivity index (χ4n) is 2.48. The number of esters is 1. The van der Waals surface area contributed by atoms with Crippen LogP contribution in [0.2, 0.25) is 0 Å². The third-order valence-electron chi connectivity index (χ3n) is 3.60. The van der Waals surface area contributed by atoms with E-state index in [0.29, 0.717) is 17.7 Å². The molecule has 0 bridgehead atoms. The van der Waals surface area contributed by atoms with Crippen molar-refractivity contribution in [2.75, 3.05) is 7.11 Å². The van der Waals surface area contributed by atoms with Gasteiger partial charge in [-0.05, 0) is 29.3 Å². The Kier molecular flexibility index (Phi) is 4.52. The highest BCUT2D eigenvalue weighted by Gasteiger charge is 2.17. The van der Waals surface area contributed by atoms with Gasteiger partial charge in [0.2, 0.25) is 0 Å². The summed E-state index contributed by atoms with van der Waals surface area (Å²) < 4.78 is 10.3. The van der Waals surface area contributed by atoms with Crippen LogP contribution in [0.15, 0.2) is 71.3 Å². The molecule has 24 heavy (non-hydrogen) atoms. The Morgan fingerprint density at radius 1 is 1.21 bits per heavy atom. The zero-order valence-corrected chi connectivity index (χ0v) is 13.1. The van der Waals surface area contributed by atoms with E-state index in [1.807, 2.05) is 12.2 Å². The van der Waals surface area contributed by atoms with E-state index in [0.717, 1.165) is 16.7 Å². The second-order valence-electron chi connectivity index (χ2n) is 5.16. The van der Waals surface area contributed by atoms with Crippen molar-refractivity contribution >= 4 is 23.5 Å². The van der Waals surface area contributed by atoms with E-state index < -0.39 is 5.97 Å². The first-order valence-corrected chi connectivity index (χ1v) is 7.38. The molecule has 0 unspecified atom stereocenters. The number of methoxy groups -OCH3 is 1. The fourth-order valence-corrected chi connectivity index (χ4v) is 2.48. The van der Waals surface area contributed by atoms with Crippen LogP contribution in [0.3, 0.4) is 0 Å². The average Bonchev–Trinajstić information content (AvgIpc) is 2.63. The van der Waals surface area contributed by atoms with Crippen molar-refractivity contribution in [2.24, 2.45) is 4.99 Å². The summed E-state index contributed by atoms with van der Waals surface area (Å²) in [5.74, 6) is 0.162. The van der Waals surface area contributed by atoms with E-state index in [-0.39, 0.29) is 5.78 Å². The molecule has 0 amide bonds. The quantitative estimate of drug-likeness (QED) is 0.802. The van der Waals surface area contributed by atoms with Crippen molar-refractivity contribution in [2.45, 2.75) is 6.42 Å². The smallest absolute Gasteiger partial charge is 0.337 e. The number of carbonyl (C=O) groups excluding carboxylic acids is 2. The van der Waals surface area contributed by atoms with Crippen LogP contribution in [-0.4, -0.2) is 25.1 Å². The zero-order chi connectivity index (χ0) is 16.9. The Bertz CT molecular complexity index is 823. The van der Waals surface area contributed by atoms with E-state index in [2.05, 4.69) is 4.99 Å². The number of hydrogen-bond acceptors (Lipinski definition) is 5. The highest BCUT2D eigenvalue weighted by atomic mass is 16.5. The summed E-state index contributed by atoms with van der Waals surface area (Å²) in [6.45, 7) is 0. The highest BCUT2D eigenvalue weighted by molar-refractivity contribution is 6.03. The molecule has 1 aliphatic carbocycles. The molecule has 120 valence electrons. The molecule has 0 radical (unpaired) electrons. The van der Waals surface area contributed by atoms with Gasteiger partial charge in [0.1, 0.15) is 6.26 Å². The first-order valence-electron chi connectivity index (χ1n) is 7.38. The Labute approximate surface area is 139 Å². The number of nitrogens with zero attached hydrogens (tertiary/aromatic N) is 1. The van der Waals surface area contributed by atoms with Gasteiger partial charge in [0, 0.05) is 12.0 Å². The first kappa shape index (κ1) is 15.7. The molecule has 3 rings (SSSR count). The van der Waals surface area contributed by atoms with Crippen LogP contribution in [0.25, 0.3) is 5.57 Å². The molecular formula is C19H15NO4. The van der Waals surface area contributed by atoms with Gasteiger partial charge >= 0.3 is 5.97 Å². The van der Waals surface area contributed by atoms with Gasteiger partial charge in [-0.25, -0.2) is 4.79 Å². The van der Waals surface area contributed by atoms with E-state index >= 15 is 0 Å². The molecule has 0 N–H and O–H groups in total. The summed E-state index contributed by atoms with van der Waals surface area (Å²) in [4.78, 5) is 27.4. The van der Waals surface area contributed by atoms with Gasteiger partial charge in [0.15, 0.2) is 11.5 Å². The minimum Gasteiger partial charge on any atom is -0.465 e. The van der Waals surface area contributed by atoms with E-state index in [1.54, 1.807) is 36.6 Å². The minimum atomic E-state index is -0.402. The number of carbonyl (C=O) groups is 2. The molecule has 0 atom stereocenters. The lowest BCUT2D eigenvalue weighted by molar-refractivity contribution is -0.113. The van der Waals surface area contributed by atoms with Crippen LogP contribution < -0.4 is 0 Å². The largest absolute Gasteiger partial charge is 0.465 e. The van der Waals surface area contributed by atoms with Crippen LogP contribution in [0.4, 0.5) is 0 Å². The molecule has 0 aromatic heterocycles. The second kappa shape index (κ2) is 6.91. The van der Waals surface area contributed by atoms with Crippen molar-refractivity contribution in [3.8, 4) is 0 Å². The minimum absolute atomic E-state index is 0.0278. The van der Waals surface area contributed by atoms with Gasteiger partial charge < -0.3 is 9.47 Å². The predicted molar refractivity (Wildman–Crippen MR) is 90.3 cm³/mol. The topological polar surface area (TPSA) is 65.0 Å². The number of ketones is 1. The fraction of sp³-hybridized carbons (Fsp3) is 0.105. The number of hydrogen-bond donors (Lipinski definition) is 0. The third-order valence-corrected chi connectivity index (χ3v) is 3.60. The van der Waals surface area contributed by atoms with E-state index in [9.17, 15) is 9.59 Å². The zero-order valence-electron chi connectivity index (χ0n) is 13.1. The van der Waals surface area contributed by atoms with Crippen LogP contribution in [0, 0.1) is 0 Å². The maximum atomic E-state index is 11.8. The highest BCUT2D eigenvalue weighted by Crippen LogP contribution is 2.30. The van der Waals surface area contributed by atoms with Crippen molar-refractivity contribution in [3.63, 3.8) is 0 Å². The standard InChI is InChI=1S/C19H15NO4/c1-23-19(22)14-7-5-13(6-8-14)18(17-12-20-9-10-24-17)15-3-2-4-16(21)11-15/h2-3,5-12H,4H2,1H3. The van der Waals surface area contributed by atoms with Crippen molar-refractivity contribution in [3.05, 3.63) is 77.4 Å². The maximum Gasteiger partial charge on any atom is 0.337 e. The lowest BCUT2D eigenvalue weighted by Crippen LogP contribution is -2.05. The van der Waals surface area contributed by atoms with Gasteiger partial charge in [-0.1, -0.05) is 24.3 Å². The van der Waals surface area contributed by atoms with Crippen LogP contribution in [-0.2, 0) is 14.3 Å².